The van der Waals surface area contributed by atoms with Gasteiger partial charge in [-0.1, -0.05) is 0 Å². The topological polar surface area (TPSA) is 87.7 Å². The molecule has 6 heteroatoms. The second-order valence-corrected chi connectivity index (χ2v) is 5.99. The molecule has 19 heavy (non-hydrogen) atoms. The van der Waals surface area contributed by atoms with E-state index in [4.69, 9.17) is 9.84 Å². The molecule has 1 fully saturated rings. The van der Waals surface area contributed by atoms with Crippen LogP contribution in [-0.4, -0.2) is 41.9 Å². The molecule has 110 valence electrons. The summed E-state index contributed by atoms with van der Waals surface area (Å²) in [4.78, 5) is 22.8. The van der Waals surface area contributed by atoms with Gasteiger partial charge in [-0.3, -0.25) is 0 Å². The number of aliphatic carboxylic acids is 1. The highest BCUT2D eigenvalue weighted by molar-refractivity contribution is 5.80. The second-order valence-electron chi connectivity index (χ2n) is 5.99. The number of alkyl carbamates (subject to hydrolysis) is 1. The average Bonchev–Trinajstić information content (AvgIpc) is 2.26. The summed E-state index contributed by atoms with van der Waals surface area (Å²) in [5, 5.41) is 14.8. The molecule has 1 heterocycles. The van der Waals surface area contributed by atoms with Crippen LogP contribution in [0.2, 0.25) is 0 Å². The van der Waals surface area contributed by atoms with Gasteiger partial charge in [-0.05, 0) is 59.0 Å². The van der Waals surface area contributed by atoms with E-state index in [2.05, 4.69) is 10.6 Å². The zero-order valence-electron chi connectivity index (χ0n) is 11.9. The van der Waals surface area contributed by atoms with Gasteiger partial charge in [0.2, 0.25) is 0 Å². The van der Waals surface area contributed by atoms with Crippen molar-refractivity contribution in [1.82, 2.24) is 10.6 Å². The van der Waals surface area contributed by atoms with E-state index in [1.165, 1.54) is 0 Å². The van der Waals surface area contributed by atoms with Gasteiger partial charge in [0.1, 0.15) is 11.6 Å². The first kappa shape index (κ1) is 15.8. The number of rotatable bonds is 4. The zero-order chi connectivity index (χ0) is 14.5. The van der Waals surface area contributed by atoms with Crippen LogP contribution in [0.3, 0.4) is 0 Å². The molecule has 1 amide bonds. The summed E-state index contributed by atoms with van der Waals surface area (Å²) >= 11 is 0. The predicted molar refractivity (Wildman–Crippen MR) is 71.0 cm³/mol. The Balaban J connectivity index is 2.48. The van der Waals surface area contributed by atoms with Crippen LogP contribution >= 0.6 is 0 Å². The van der Waals surface area contributed by atoms with Crippen molar-refractivity contribution in [3.63, 3.8) is 0 Å². The zero-order valence-corrected chi connectivity index (χ0v) is 11.9. The lowest BCUT2D eigenvalue weighted by molar-refractivity contribution is -0.140. The van der Waals surface area contributed by atoms with Gasteiger partial charge >= 0.3 is 12.1 Å². The summed E-state index contributed by atoms with van der Waals surface area (Å²) in [5.74, 6) is -0.735. The molecule has 0 radical (unpaired) electrons. The minimum Gasteiger partial charge on any atom is -0.480 e. The minimum atomic E-state index is -1.02. The van der Waals surface area contributed by atoms with E-state index in [-0.39, 0.29) is 5.92 Å². The SMILES string of the molecule is CC(C)(C)OC(=O)NC(CC1CCCNC1)C(=O)O. The number of carbonyl (C=O) groups is 2. The number of amides is 1. The van der Waals surface area contributed by atoms with Gasteiger partial charge in [0.15, 0.2) is 0 Å². The van der Waals surface area contributed by atoms with Crippen molar-refractivity contribution in [2.24, 2.45) is 5.92 Å². The van der Waals surface area contributed by atoms with E-state index in [0.717, 1.165) is 25.9 Å². The van der Waals surface area contributed by atoms with Crippen LogP contribution in [0.15, 0.2) is 0 Å². The number of hydrogen-bond acceptors (Lipinski definition) is 4. The Hall–Kier alpha value is -1.30. The smallest absolute Gasteiger partial charge is 0.408 e. The first-order valence-corrected chi connectivity index (χ1v) is 6.71. The highest BCUT2D eigenvalue weighted by Gasteiger charge is 2.27. The molecule has 1 rings (SSSR count). The summed E-state index contributed by atoms with van der Waals surface area (Å²) in [5.41, 5.74) is -0.625. The maximum atomic E-state index is 11.6. The summed E-state index contributed by atoms with van der Waals surface area (Å²) in [6.45, 7) is 7.02. The largest absolute Gasteiger partial charge is 0.480 e. The fourth-order valence-corrected chi connectivity index (χ4v) is 2.13. The maximum absolute atomic E-state index is 11.6. The number of hydrogen-bond donors (Lipinski definition) is 3. The molecule has 0 spiro atoms. The fourth-order valence-electron chi connectivity index (χ4n) is 2.13. The molecule has 1 saturated heterocycles. The Bertz CT molecular complexity index is 319. The third-order valence-corrected chi connectivity index (χ3v) is 2.96. The van der Waals surface area contributed by atoms with Crippen molar-refractivity contribution >= 4 is 12.1 Å². The molecule has 0 aromatic carbocycles. The van der Waals surface area contributed by atoms with Crippen molar-refractivity contribution in [2.75, 3.05) is 13.1 Å². The molecule has 0 aromatic heterocycles. The van der Waals surface area contributed by atoms with Gasteiger partial charge in [0.05, 0.1) is 0 Å². The Morgan fingerprint density at radius 1 is 1.47 bits per heavy atom. The van der Waals surface area contributed by atoms with Crippen LogP contribution in [0.5, 0.6) is 0 Å². The van der Waals surface area contributed by atoms with Crippen LogP contribution in [0.1, 0.15) is 40.0 Å². The lowest BCUT2D eigenvalue weighted by Crippen LogP contribution is -2.45. The molecule has 0 aliphatic carbocycles. The van der Waals surface area contributed by atoms with E-state index in [1.54, 1.807) is 20.8 Å². The van der Waals surface area contributed by atoms with Crippen LogP contribution in [0.4, 0.5) is 4.79 Å². The summed E-state index contributed by atoms with van der Waals surface area (Å²) in [7, 11) is 0. The number of ether oxygens (including phenoxy) is 1. The first-order chi connectivity index (χ1) is 8.78. The van der Waals surface area contributed by atoms with E-state index in [0.29, 0.717) is 6.42 Å². The standard InChI is InChI=1S/C13H24N2O4/c1-13(2,3)19-12(18)15-10(11(16)17)7-9-5-4-6-14-8-9/h9-10,14H,4-8H2,1-3H3,(H,15,18)(H,16,17). The third kappa shape index (κ3) is 6.42. The van der Waals surface area contributed by atoms with Crippen LogP contribution in [0, 0.1) is 5.92 Å². The van der Waals surface area contributed by atoms with Crippen molar-refractivity contribution in [2.45, 2.75) is 51.7 Å². The molecule has 3 N–H and O–H groups in total. The van der Waals surface area contributed by atoms with Gasteiger partial charge in [-0.25, -0.2) is 9.59 Å². The lowest BCUT2D eigenvalue weighted by atomic mass is 9.92. The number of carboxylic acid groups (broad SMARTS) is 1. The van der Waals surface area contributed by atoms with E-state index >= 15 is 0 Å². The molecule has 6 nitrogen and oxygen atoms in total. The molecule has 2 unspecified atom stereocenters. The molecule has 0 saturated carbocycles. The summed E-state index contributed by atoms with van der Waals surface area (Å²) < 4.78 is 5.08. The number of carbonyl (C=O) groups excluding carboxylic acids is 1. The Morgan fingerprint density at radius 3 is 2.63 bits per heavy atom. The van der Waals surface area contributed by atoms with Crippen molar-refractivity contribution in [3.8, 4) is 0 Å². The van der Waals surface area contributed by atoms with Crippen LogP contribution < -0.4 is 10.6 Å². The monoisotopic (exact) mass is 272 g/mol. The van der Waals surface area contributed by atoms with Crippen molar-refractivity contribution in [1.29, 1.82) is 0 Å². The fraction of sp³-hybridized carbons (Fsp3) is 0.846. The number of nitrogens with one attached hydrogen (secondary N) is 2. The number of piperidine rings is 1. The quantitative estimate of drug-likeness (QED) is 0.719. The Labute approximate surface area is 113 Å². The molecule has 2 atom stereocenters. The van der Waals surface area contributed by atoms with E-state index < -0.39 is 23.7 Å². The average molecular weight is 272 g/mol. The number of carboxylic acids is 1. The highest BCUT2D eigenvalue weighted by atomic mass is 16.6. The minimum absolute atomic E-state index is 0.282. The Morgan fingerprint density at radius 2 is 2.16 bits per heavy atom. The van der Waals surface area contributed by atoms with Gasteiger partial charge < -0.3 is 20.5 Å². The molecule has 0 aromatic rings. The van der Waals surface area contributed by atoms with Gasteiger partial charge in [-0.2, -0.15) is 0 Å². The van der Waals surface area contributed by atoms with Crippen LogP contribution in [-0.2, 0) is 9.53 Å². The normalized spacial score (nSPS) is 21.5. The molecule has 1 aliphatic heterocycles. The van der Waals surface area contributed by atoms with Gasteiger partial charge in [-0.15, -0.1) is 0 Å². The summed E-state index contributed by atoms with van der Waals surface area (Å²) in [6.07, 6.45) is 1.79. The lowest BCUT2D eigenvalue weighted by Gasteiger charge is -2.27. The second kappa shape index (κ2) is 6.75. The van der Waals surface area contributed by atoms with Gasteiger partial charge in [0.25, 0.3) is 0 Å². The Kier molecular flexibility index (Phi) is 5.60. The van der Waals surface area contributed by atoms with Crippen LogP contribution in [0.25, 0.3) is 0 Å². The molecule has 0 bridgehead atoms. The van der Waals surface area contributed by atoms with Crippen molar-refractivity contribution < 1.29 is 19.4 Å². The first-order valence-electron chi connectivity index (χ1n) is 6.71. The predicted octanol–water partition coefficient (Wildman–Crippen LogP) is 1.35. The molecule has 1 aliphatic rings. The van der Waals surface area contributed by atoms with E-state index in [9.17, 15) is 9.59 Å². The van der Waals surface area contributed by atoms with Crippen molar-refractivity contribution in [3.05, 3.63) is 0 Å². The maximum Gasteiger partial charge on any atom is 0.408 e. The molecular formula is C13H24N2O4. The van der Waals surface area contributed by atoms with E-state index in [1.807, 2.05) is 0 Å². The van der Waals surface area contributed by atoms with Gasteiger partial charge in [0, 0.05) is 0 Å². The highest BCUT2D eigenvalue weighted by Crippen LogP contribution is 2.16. The molecular weight excluding hydrogens is 248 g/mol. The summed E-state index contributed by atoms with van der Waals surface area (Å²) in [6, 6.07) is -0.889. The third-order valence-electron chi connectivity index (χ3n) is 2.96.